The molecule has 3 nitrogen and oxygen atoms in total. The number of aromatic nitrogens is 3. The zero-order valence-corrected chi connectivity index (χ0v) is 21.1. The van der Waals surface area contributed by atoms with Crippen LogP contribution in [0.3, 0.4) is 0 Å². The van der Waals surface area contributed by atoms with Crippen LogP contribution in [0.4, 0.5) is 4.39 Å². The number of hydrogen-bond acceptors (Lipinski definition) is 1. The maximum atomic E-state index is 14.7. The van der Waals surface area contributed by atoms with Crippen LogP contribution >= 0.6 is 0 Å². The van der Waals surface area contributed by atoms with Crippen LogP contribution < -0.4 is 0 Å². The summed E-state index contributed by atoms with van der Waals surface area (Å²) in [5, 5.41) is 0.787. The van der Waals surface area contributed by atoms with E-state index in [1.165, 1.54) is 6.07 Å². The van der Waals surface area contributed by atoms with Crippen molar-refractivity contribution in [1.82, 2.24) is 14.5 Å². The molecule has 0 unspecified atom stereocenters. The second-order valence-electron chi connectivity index (χ2n) is 9.47. The molecule has 5 aromatic carbocycles. The zero-order valence-electron chi connectivity index (χ0n) is 21.1. The van der Waals surface area contributed by atoms with Gasteiger partial charge in [0.05, 0.1) is 22.6 Å². The Morgan fingerprint density at radius 2 is 1.15 bits per heavy atom. The number of imidazole rings is 1. The van der Waals surface area contributed by atoms with Gasteiger partial charge in [-0.3, -0.25) is 4.57 Å². The summed E-state index contributed by atoms with van der Waals surface area (Å²) >= 11 is 0. The van der Waals surface area contributed by atoms with Gasteiger partial charge in [0.15, 0.2) is 0 Å². The number of para-hydroxylation sites is 1. The van der Waals surface area contributed by atoms with Gasteiger partial charge in [-0.25, -0.2) is 9.37 Å². The summed E-state index contributed by atoms with van der Waals surface area (Å²) in [4.78, 5) is 8.94. The first kappa shape index (κ1) is 22.9. The smallest absolute Gasteiger partial charge is 0.148 e. The van der Waals surface area contributed by atoms with Crippen molar-refractivity contribution in [2.45, 2.75) is 0 Å². The fourth-order valence-corrected chi connectivity index (χ4v) is 5.29. The monoisotopic (exact) mass is 505 g/mol. The van der Waals surface area contributed by atoms with Gasteiger partial charge in [-0.15, -0.1) is 0 Å². The van der Waals surface area contributed by atoms with E-state index in [2.05, 4.69) is 58.1 Å². The van der Waals surface area contributed by atoms with Crippen LogP contribution in [0.5, 0.6) is 0 Å². The highest BCUT2D eigenvalue weighted by Gasteiger charge is 2.26. The molecule has 7 aromatic rings. The second kappa shape index (κ2) is 9.58. The number of nitrogens with zero attached hydrogens (tertiary/aromatic N) is 2. The molecule has 0 atom stereocenters. The number of halogens is 1. The van der Waals surface area contributed by atoms with Gasteiger partial charge in [-0.2, -0.15) is 0 Å². The summed E-state index contributed by atoms with van der Waals surface area (Å²) < 4.78 is 16.9. The Morgan fingerprint density at radius 1 is 0.590 bits per heavy atom. The lowest BCUT2D eigenvalue weighted by Crippen LogP contribution is -2.00. The third kappa shape index (κ3) is 4.03. The molecule has 0 saturated carbocycles. The van der Waals surface area contributed by atoms with Crippen LogP contribution in [0.15, 0.2) is 140 Å². The average molecular weight is 506 g/mol. The highest BCUT2D eigenvalue weighted by atomic mass is 19.1. The van der Waals surface area contributed by atoms with Crippen LogP contribution in [0.1, 0.15) is 0 Å². The lowest BCUT2D eigenvalue weighted by Gasteiger charge is -2.14. The largest absolute Gasteiger partial charge is 0.354 e. The lowest BCUT2D eigenvalue weighted by molar-refractivity contribution is 0.630. The number of fused-ring (bicyclic) bond motifs is 1. The predicted molar refractivity (Wildman–Crippen MR) is 157 cm³/mol. The summed E-state index contributed by atoms with van der Waals surface area (Å²) in [5.74, 6) is 0.460. The molecule has 4 heteroatoms. The van der Waals surface area contributed by atoms with Gasteiger partial charge in [-0.1, -0.05) is 109 Å². The van der Waals surface area contributed by atoms with E-state index in [4.69, 9.17) is 4.98 Å². The highest BCUT2D eigenvalue weighted by molar-refractivity contribution is 6.03. The Balaban J connectivity index is 1.65. The molecule has 1 N–H and O–H groups in total. The minimum Gasteiger partial charge on any atom is -0.354 e. The Morgan fingerprint density at radius 3 is 1.79 bits per heavy atom. The summed E-state index contributed by atoms with van der Waals surface area (Å²) in [6.45, 7) is 0. The highest BCUT2D eigenvalue weighted by Crippen LogP contribution is 2.44. The Bertz CT molecular complexity index is 1890. The second-order valence-corrected chi connectivity index (χ2v) is 9.47. The summed E-state index contributed by atoms with van der Waals surface area (Å²) in [7, 11) is 0. The maximum Gasteiger partial charge on any atom is 0.148 e. The van der Waals surface area contributed by atoms with Gasteiger partial charge in [0.1, 0.15) is 11.6 Å². The first-order valence-corrected chi connectivity index (χ1v) is 12.9. The van der Waals surface area contributed by atoms with Crippen molar-refractivity contribution in [2.75, 3.05) is 0 Å². The van der Waals surface area contributed by atoms with E-state index in [0.717, 1.165) is 61.8 Å². The molecule has 0 spiro atoms. The van der Waals surface area contributed by atoms with E-state index >= 15 is 0 Å². The van der Waals surface area contributed by atoms with E-state index in [-0.39, 0.29) is 5.82 Å². The molecule has 2 heterocycles. The number of aromatic amines is 1. The third-order valence-corrected chi connectivity index (χ3v) is 7.03. The van der Waals surface area contributed by atoms with Crippen LogP contribution in [0.2, 0.25) is 0 Å². The van der Waals surface area contributed by atoms with Gasteiger partial charge in [0.2, 0.25) is 0 Å². The van der Waals surface area contributed by atoms with Gasteiger partial charge in [0, 0.05) is 27.7 Å². The van der Waals surface area contributed by atoms with Gasteiger partial charge in [0.25, 0.3) is 0 Å². The Hall–Kier alpha value is -5.22. The summed E-state index contributed by atoms with van der Waals surface area (Å²) in [5.41, 5.74) is 8.51. The molecule has 0 aliphatic heterocycles. The number of rotatable bonds is 5. The molecule has 0 aliphatic rings. The van der Waals surface area contributed by atoms with E-state index < -0.39 is 0 Å². The third-order valence-electron chi connectivity index (χ3n) is 7.03. The minimum absolute atomic E-state index is 0.285. The fourth-order valence-electron chi connectivity index (χ4n) is 5.29. The van der Waals surface area contributed by atoms with Crippen LogP contribution in [-0.4, -0.2) is 14.5 Å². The van der Waals surface area contributed by atoms with Crippen molar-refractivity contribution in [2.24, 2.45) is 0 Å². The Labute approximate surface area is 225 Å². The van der Waals surface area contributed by atoms with Crippen molar-refractivity contribution in [3.8, 4) is 50.8 Å². The summed E-state index contributed by atoms with van der Waals surface area (Å²) in [6.07, 6.45) is 0. The summed E-state index contributed by atoms with van der Waals surface area (Å²) in [6, 6.07) is 45.9. The van der Waals surface area contributed by atoms with E-state index in [1.54, 1.807) is 12.1 Å². The minimum atomic E-state index is -0.285. The van der Waals surface area contributed by atoms with Gasteiger partial charge in [-0.05, 0) is 35.9 Å². The molecule has 7 rings (SSSR count). The van der Waals surface area contributed by atoms with Crippen molar-refractivity contribution in [1.29, 1.82) is 0 Å². The molecule has 2 aromatic heterocycles. The molecule has 0 fully saturated rings. The molecule has 0 aliphatic carbocycles. The zero-order chi connectivity index (χ0) is 26.2. The molecular formula is C35H24FN3. The SMILES string of the molecule is Fc1ccc2[nH]c(-c3ccccc3)c(-c3nc(-c4ccccc4)c(-c4ccccc4)n3-c3ccccc3)c2c1. The number of benzene rings is 5. The number of nitrogens with one attached hydrogen (secondary N) is 1. The van der Waals surface area contributed by atoms with Crippen LogP contribution in [-0.2, 0) is 0 Å². The van der Waals surface area contributed by atoms with Crippen molar-refractivity contribution >= 4 is 10.9 Å². The molecular weight excluding hydrogens is 481 g/mol. The van der Waals surface area contributed by atoms with Crippen molar-refractivity contribution in [3.05, 3.63) is 145 Å². The van der Waals surface area contributed by atoms with Crippen LogP contribution in [0.25, 0.3) is 61.8 Å². The van der Waals surface area contributed by atoms with E-state index in [1.807, 2.05) is 72.8 Å². The topological polar surface area (TPSA) is 33.6 Å². The van der Waals surface area contributed by atoms with Crippen LogP contribution in [0, 0.1) is 5.82 Å². The quantitative estimate of drug-likeness (QED) is 0.249. The van der Waals surface area contributed by atoms with E-state index in [9.17, 15) is 4.39 Å². The molecule has 39 heavy (non-hydrogen) atoms. The first-order valence-electron chi connectivity index (χ1n) is 12.9. The average Bonchev–Trinajstić information content (AvgIpc) is 3.57. The van der Waals surface area contributed by atoms with Crippen molar-refractivity contribution < 1.29 is 4.39 Å². The standard InChI is InChI=1S/C35H24FN3/c36-27-21-22-30-29(23-27)31(32(37-30)24-13-5-1-6-14-24)35-38-33(25-15-7-2-8-16-25)34(26-17-9-3-10-18-26)39(35)28-19-11-4-12-20-28/h1-23,37H. The van der Waals surface area contributed by atoms with E-state index in [0.29, 0.717) is 0 Å². The molecule has 0 saturated heterocycles. The Kier molecular flexibility index (Phi) is 5.64. The van der Waals surface area contributed by atoms with Crippen molar-refractivity contribution in [3.63, 3.8) is 0 Å². The first-order chi connectivity index (χ1) is 19.3. The predicted octanol–water partition coefficient (Wildman–Crippen LogP) is 9.16. The molecule has 0 amide bonds. The molecule has 0 radical (unpaired) electrons. The maximum absolute atomic E-state index is 14.7. The van der Waals surface area contributed by atoms with Gasteiger partial charge < -0.3 is 4.98 Å². The normalized spacial score (nSPS) is 11.2. The van der Waals surface area contributed by atoms with Gasteiger partial charge >= 0.3 is 0 Å². The fraction of sp³-hybridized carbons (Fsp3) is 0. The molecule has 186 valence electrons. The number of hydrogen-bond donors (Lipinski definition) is 1. The number of H-pyrrole nitrogens is 1. The lowest BCUT2D eigenvalue weighted by atomic mass is 10.0. The molecule has 0 bridgehead atoms.